The van der Waals surface area contributed by atoms with Crippen LogP contribution >= 0.6 is 23.5 Å². The minimum atomic E-state index is -0.457. The largest absolute Gasteiger partial charge is 0.444 e. The summed E-state index contributed by atoms with van der Waals surface area (Å²) in [5.74, 6) is 0. The van der Waals surface area contributed by atoms with E-state index in [1.165, 1.54) is 0 Å². The molecule has 2 aliphatic heterocycles. The zero-order valence-corrected chi connectivity index (χ0v) is 19.6. The lowest BCUT2D eigenvalue weighted by atomic mass is 10.2. The van der Waals surface area contributed by atoms with E-state index in [0.29, 0.717) is 36.7 Å². The Bertz CT molecular complexity index is 681. The highest BCUT2D eigenvalue weighted by molar-refractivity contribution is 8.00. The van der Waals surface area contributed by atoms with Crippen molar-refractivity contribution >= 4 is 35.7 Å². The van der Waals surface area contributed by atoms with Gasteiger partial charge >= 0.3 is 12.2 Å². The highest BCUT2D eigenvalue weighted by Gasteiger charge is 2.36. The van der Waals surface area contributed by atoms with E-state index in [4.69, 9.17) is 9.47 Å². The fourth-order valence-electron chi connectivity index (χ4n) is 2.83. The van der Waals surface area contributed by atoms with Crippen molar-refractivity contribution in [2.24, 2.45) is 0 Å². The maximum Gasteiger partial charge on any atom is 0.410 e. The van der Waals surface area contributed by atoms with E-state index in [-0.39, 0.29) is 12.2 Å². The number of amides is 2. The van der Waals surface area contributed by atoms with Crippen molar-refractivity contribution in [3.8, 4) is 0 Å². The summed E-state index contributed by atoms with van der Waals surface area (Å²) in [6.07, 6.45) is -0.479. The third-order valence-corrected chi connectivity index (χ3v) is 6.47. The van der Waals surface area contributed by atoms with E-state index < -0.39 is 11.2 Å². The molecule has 0 atom stereocenters. The summed E-state index contributed by atoms with van der Waals surface area (Å²) in [7, 11) is 0. The summed E-state index contributed by atoms with van der Waals surface area (Å²) in [5.41, 5.74) is -0.914. The number of aromatic amines is 1. The Morgan fingerprint density at radius 1 is 0.828 bits per heavy atom. The first-order valence-electron chi connectivity index (χ1n) is 9.86. The molecule has 29 heavy (non-hydrogen) atoms. The first kappa shape index (κ1) is 22.2. The minimum absolute atomic E-state index is 0.239. The number of carbonyl (C=O) groups excluding carboxylic acids is 2. The summed E-state index contributed by atoms with van der Waals surface area (Å²) in [6.45, 7) is 14.1. The van der Waals surface area contributed by atoms with Crippen LogP contribution in [0, 0.1) is 0 Å². The van der Waals surface area contributed by atoms with Crippen LogP contribution in [0.25, 0.3) is 0 Å². The van der Waals surface area contributed by atoms with Crippen LogP contribution in [0.3, 0.4) is 0 Å². The van der Waals surface area contributed by atoms with Crippen molar-refractivity contribution < 1.29 is 19.1 Å². The SMILES string of the molecule is CC(C)(C)OC(=O)N1CC(Sc2ccc(SC3CN(C(=O)OC(C)(C)C)C3)[nH]2)C1. The molecule has 0 saturated carbocycles. The summed E-state index contributed by atoms with van der Waals surface area (Å²) in [4.78, 5) is 30.9. The van der Waals surface area contributed by atoms with Crippen LogP contribution in [0.1, 0.15) is 41.5 Å². The second-order valence-electron chi connectivity index (χ2n) is 9.44. The zero-order chi connectivity index (χ0) is 21.4. The van der Waals surface area contributed by atoms with Crippen molar-refractivity contribution in [2.45, 2.75) is 73.3 Å². The first-order valence-corrected chi connectivity index (χ1v) is 11.6. The van der Waals surface area contributed by atoms with Gasteiger partial charge in [0.25, 0.3) is 0 Å². The summed E-state index contributed by atoms with van der Waals surface area (Å²) in [6, 6.07) is 4.15. The Balaban J connectivity index is 1.36. The second kappa shape index (κ2) is 8.34. The molecule has 1 aromatic rings. The topological polar surface area (TPSA) is 74.9 Å². The number of aromatic nitrogens is 1. The van der Waals surface area contributed by atoms with E-state index in [0.717, 1.165) is 10.1 Å². The van der Waals surface area contributed by atoms with Crippen molar-refractivity contribution in [1.29, 1.82) is 0 Å². The summed E-state index contributed by atoms with van der Waals surface area (Å²) < 4.78 is 10.8. The van der Waals surface area contributed by atoms with Crippen LogP contribution in [0.15, 0.2) is 22.2 Å². The highest BCUT2D eigenvalue weighted by atomic mass is 32.2. The normalized spacial score (nSPS) is 18.3. The molecule has 0 bridgehead atoms. The summed E-state index contributed by atoms with van der Waals surface area (Å²) >= 11 is 3.50. The van der Waals surface area contributed by atoms with Crippen LogP contribution in [0.2, 0.25) is 0 Å². The molecule has 0 spiro atoms. The number of likely N-dealkylation sites (tertiary alicyclic amines) is 2. The fraction of sp³-hybridized carbons (Fsp3) is 0.700. The van der Waals surface area contributed by atoms with Crippen LogP contribution in [-0.4, -0.2) is 74.9 Å². The third kappa shape index (κ3) is 6.50. The van der Waals surface area contributed by atoms with Gasteiger partial charge in [-0.2, -0.15) is 0 Å². The predicted molar refractivity (Wildman–Crippen MR) is 116 cm³/mol. The average molecular weight is 442 g/mol. The Labute approximate surface area is 181 Å². The molecule has 1 N–H and O–H groups in total. The van der Waals surface area contributed by atoms with E-state index in [2.05, 4.69) is 17.1 Å². The van der Waals surface area contributed by atoms with Gasteiger partial charge in [-0.15, -0.1) is 23.5 Å². The molecule has 3 heterocycles. The number of thioether (sulfide) groups is 2. The molecule has 1 aromatic heterocycles. The summed E-state index contributed by atoms with van der Waals surface area (Å²) in [5, 5.41) is 2.96. The van der Waals surface area contributed by atoms with Gasteiger partial charge in [-0.1, -0.05) is 0 Å². The molecule has 7 nitrogen and oxygen atoms in total. The minimum Gasteiger partial charge on any atom is -0.444 e. The molecular formula is C20H31N3O4S2. The Kier molecular flexibility index (Phi) is 6.38. The van der Waals surface area contributed by atoms with Crippen molar-refractivity contribution in [3.63, 3.8) is 0 Å². The van der Waals surface area contributed by atoms with Crippen LogP contribution < -0.4 is 0 Å². The van der Waals surface area contributed by atoms with E-state index in [1.807, 2.05) is 41.5 Å². The monoisotopic (exact) mass is 441 g/mol. The molecule has 2 amide bonds. The van der Waals surface area contributed by atoms with Gasteiger partial charge in [-0.25, -0.2) is 9.59 Å². The van der Waals surface area contributed by atoms with Gasteiger partial charge in [0.2, 0.25) is 0 Å². The quantitative estimate of drug-likeness (QED) is 0.745. The van der Waals surface area contributed by atoms with Gasteiger partial charge in [0.15, 0.2) is 0 Å². The van der Waals surface area contributed by atoms with E-state index in [1.54, 1.807) is 33.3 Å². The molecule has 162 valence electrons. The molecule has 2 fully saturated rings. The van der Waals surface area contributed by atoms with Gasteiger partial charge < -0.3 is 24.3 Å². The molecular weight excluding hydrogens is 410 g/mol. The predicted octanol–water partition coefficient (Wildman–Crippen LogP) is 4.44. The first-order chi connectivity index (χ1) is 13.4. The molecule has 0 aliphatic carbocycles. The number of ether oxygens (including phenoxy) is 2. The maximum atomic E-state index is 12.0. The number of rotatable bonds is 4. The molecule has 2 aliphatic rings. The lowest BCUT2D eigenvalue weighted by Crippen LogP contribution is -2.53. The van der Waals surface area contributed by atoms with E-state index >= 15 is 0 Å². The smallest absolute Gasteiger partial charge is 0.410 e. The van der Waals surface area contributed by atoms with Gasteiger partial charge in [0, 0.05) is 36.7 Å². The second-order valence-corrected chi connectivity index (χ2v) is 12.1. The Hall–Kier alpha value is -1.48. The standard InChI is InChI=1S/C20H31N3O4S2/c1-19(2,3)26-17(24)22-9-13(10-22)28-15-7-8-16(21-15)29-14-11-23(12-14)18(25)27-20(4,5)6/h7-8,13-14,21H,9-12H2,1-6H3. The number of H-pyrrole nitrogens is 1. The molecule has 0 radical (unpaired) electrons. The van der Waals surface area contributed by atoms with Crippen LogP contribution in [0.4, 0.5) is 9.59 Å². The van der Waals surface area contributed by atoms with Gasteiger partial charge in [-0.3, -0.25) is 0 Å². The van der Waals surface area contributed by atoms with Crippen molar-refractivity contribution in [2.75, 3.05) is 26.2 Å². The molecule has 3 rings (SSSR count). The Morgan fingerprint density at radius 3 is 1.48 bits per heavy atom. The number of hydrogen-bond acceptors (Lipinski definition) is 6. The van der Waals surface area contributed by atoms with E-state index in [9.17, 15) is 9.59 Å². The molecule has 9 heteroatoms. The average Bonchev–Trinajstić information content (AvgIpc) is 2.89. The number of hydrogen-bond donors (Lipinski definition) is 1. The number of nitrogens with one attached hydrogen (secondary N) is 1. The number of nitrogens with zero attached hydrogens (tertiary/aromatic N) is 2. The molecule has 0 unspecified atom stereocenters. The zero-order valence-electron chi connectivity index (χ0n) is 18.0. The van der Waals surface area contributed by atoms with Gasteiger partial charge in [0.1, 0.15) is 11.2 Å². The molecule has 0 aromatic carbocycles. The maximum absolute atomic E-state index is 12.0. The Morgan fingerprint density at radius 2 is 1.17 bits per heavy atom. The molecule has 2 saturated heterocycles. The lowest BCUT2D eigenvalue weighted by Gasteiger charge is -2.39. The van der Waals surface area contributed by atoms with Gasteiger partial charge in [-0.05, 0) is 53.7 Å². The fourth-order valence-corrected chi connectivity index (χ4v) is 5.26. The van der Waals surface area contributed by atoms with Crippen LogP contribution in [0.5, 0.6) is 0 Å². The van der Waals surface area contributed by atoms with Crippen molar-refractivity contribution in [1.82, 2.24) is 14.8 Å². The van der Waals surface area contributed by atoms with Crippen molar-refractivity contribution in [3.05, 3.63) is 12.1 Å². The lowest BCUT2D eigenvalue weighted by molar-refractivity contribution is 0.0134. The third-order valence-electron chi connectivity index (χ3n) is 4.22. The van der Waals surface area contributed by atoms with Crippen LogP contribution in [-0.2, 0) is 9.47 Å². The van der Waals surface area contributed by atoms with Gasteiger partial charge in [0.05, 0.1) is 10.1 Å². The number of carbonyl (C=O) groups is 2. The highest BCUT2D eigenvalue weighted by Crippen LogP contribution is 2.34.